The second-order valence-corrected chi connectivity index (χ2v) is 6.46. The molecular weight excluding hydrogens is 390 g/mol. The number of hydrogen-bond acceptors (Lipinski definition) is 12. The summed E-state index contributed by atoms with van der Waals surface area (Å²) in [4.78, 5) is 54.5. The monoisotopic (exact) mass is 411 g/mol. The third kappa shape index (κ3) is 4.74. The molecule has 2 aliphatic heterocycles. The molecule has 0 aromatic carbocycles. The van der Waals surface area contributed by atoms with E-state index in [1.165, 1.54) is 18.7 Å². The van der Waals surface area contributed by atoms with Gasteiger partial charge in [0.05, 0.1) is 13.3 Å². The maximum absolute atomic E-state index is 12.4. The maximum atomic E-state index is 12.4. The number of aromatic nitrogens is 2. The summed E-state index contributed by atoms with van der Waals surface area (Å²) >= 11 is 0. The molecule has 1 aromatic rings. The lowest BCUT2D eigenvalue weighted by Crippen LogP contribution is -2.41. The van der Waals surface area contributed by atoms with Crippen LogP contribution in [-0.4, -0.2) is 72.6 Å². The topological polar surface area (TPSA) is 175 Å². The molecule has 1 saturated heterocycles. The van der Waals surface area contributed by atoms with Crippen molar-refractivity contribution in [3.05, 3.63) is 10.4 Å². The van der Waals surface area contributed by atoms with Crippen molar-refractivity contribution in [3.8, 4) is 0 Å². The number of nitrogens with zero attached hydrogens (tertiary/aromatic N) is 2. The Hall–Kier alpha value is -3.35. The van der Waals surface area contributed by atoms with Crippen molar-refractivity contribution in [2.24, 2.45) is 0 Å². The van der Waals surface area contributed by atoms with Crippen molar-refractivity contribution in [3.63, 3.8) is 0 Å². The van der Waals surface area contributed by atoms with Gasteiger partial charge < -0.3 is 34.9 Å². The zero-order chi connectivity index (χ0) is 21.1. The molecule has 13 heteroatoms. The second kappa shape index (κ2) is 8.34. The van der Waals surface area contributed by atoms with Crippen molar-refractivity contribution in [1.82, 2.24) is 9.97 Å². The molecule has 0 saturated carbocycles. The minimum Gasteiger partial charge on any atom is -0.463 e. The molecule has 1 fully saturated rings. The number of nitrogens with one attached hydrogen (secondary N) is 2. The first-order valence-corrected chi connectivity index (χ1v) is 8.75. The minimum absolute atomic E-state index is 0.0324. The summed E-state index contributed by atoms with van der Waals surface area (Å²) in [6.45, 7) is 2.20. The van der Waals surface area contributed by atoms with E-state index in [0.717, 1.165) is 0 Å². The van der Waals surface area contributed by atoms with Gasteiger partial charge in [-0.3, -0.25) is 24.2 Å². The number of nitrogens with two attached hydrogens (primary N) is 1. The summed E-state index contributed by atoms with van der Waals surface area (Å²) in [6.07, 6.45) is -2.55. The van der Waals surface area contributed by atoms with E-state index in [9.17, 15) is 19.2 Å². The number of carbonyl (C=O) groups is 3. The van der Waals surface area contributed by atoms with E-state index in [2.05, 4.69) is 15.3 Å². The Morgan fingerprint density at radius 1 is 1.28 bits per heavy atom. The van der Waals surface area contributed by atoms with E-state index in [-0.39, 0.29) is 43.9 Å². The predicted octanol–water partition coefficient (Wildman–Crippen LogP) is -1.65. The molecule has 3 rings (SSSR count). The molecule has 3 atom stereocenters. The van der Waals surface area contributed by atoms with Crippen molar-refractivity contribution in [2.45, 2.75) is 32.2 Å². The molecule has 4 N–H and O–H groups in total. The molecule has 0 unspecified atom stereocenters. The first-order valence-electron chi connectivity index (χ1n) is 8.75. The van der Waals surface area contributed by atoms with E-state index in [4.69, 9.17) is 24.7 Å². The van der Waals surface area contributed by atoms with Crippen LogP contribution in [0.1, 0.15) is 13.8 Å². The van der Waals surface area contributed by atoms with Gasteiger partial charge in [0.2, 0.25) is 5.95 Å². The van der Waals surface area contributed by atoms with Crippen molar-refractivity contribution >= 4 is 35.4 Å². The molecule has 3 heterocycles. The van der Waals surface area contributed by atoms with Crippen molar-refractivity contribution < 1.29 is 33.3 Å². The van der Waals surface area contributed by atoms with E-state index in [1.807, 2.05) is 0 Å². The van der Waals surface area contributed by atoms with Gasteiger partial charge >= 0.3 is 17.9 Å². The molecule has 29 heavy (non-hydrogen) atoms. The summed E-state index contributed by atoms with van der Waals surface area (Å²) < 4.78 is 20.9. The quantitative estimate of drug-likeness (QED) is 0.360. The van der Waals surface area contributed by atoms with Gasteiger partial charge in [-0.1, -0.05) is 0 Å². The van der Waals surface area contributed by atoms with E-state index >= 15 is 0 Å². The average molecular weight is 411 g/mol. The largest absolute Gasteiger partial charge is 0.463 e. The van der Waals surface area contributed by atoms with E-state index in [1.54, 1.807) is 0 Å². The third-order valence-corrected chi connectivity index (χ3v) is 4.23. The van der Waals surface area contributed by atoms with Crippen molar-refractivity contribution in [2.75, 3.05) is 42.4 Å². The van der Waals surface area contributed by atoms with Crippen LogP contribution in [0.4, 0.5) is 17.5 Å². The van der Waals surface area contributed by atoms with Gasteiger partial charge in [-0.2, -0.15) is 4.98 Å². The number of aromatic amines is 1. The zero-order valence-electron chi connectivity index (χ0n) is 15.8. The molecule has 0 amide bonds. The number of carbonyl (C=O) groups excluding carboxylic acids is 3. The lowest BCUT2D eigenvalue weighted by atomic mass is 10.1. The highest BCUT2D eigenvalue weighted by Gasteiger charge is 2.43. The van der Waals surface area contributed by atoms with Gasteiger partial charge in [0.15, 0.2) is 18.0 Å². The fourth-order valence-electron chi connectivity index (χ4n) is 3.04. The lowest BCUT2D eigenvalue weighted by molar-refractivity contribution is -0.165. The van der Waals surface area contributed by atoms with Crippen LogP contribution in [-0.2, 0) is 33.3 Å². The average Bonchev–Trinajstić information content (AvgIpc) is 3.18. The third-order valence-electron chi connectivity index (χ3n) is 4.23. The molecule has 0 bridgehead atoms. The number of ether oxygens (including phenoxy) is 4. The number of anilines is 3. The molecular formula is C16H21N5O8. The van der Waals surface area contributed by atoms with Crippen LogP contribution < -0.4 is 21.5 Å². The van der Waals surface area contributed by atoms with Gasteiger partial charge in [-0.05, 0) is 0 Å². The van der Waals surface area contributed by atoms with Crippen LogP contribution in [0.3, 0.4) is 0 Å². The summed E-state index contributed by atoms with van der Waals surface area (Å²) in [5.41, 5.74) is 5.30. The Kier molecular flexibility index (Phi) is 5.87. The van der Waals surface area contributed by atoms with Gasteiger partial charge in [0, 0.05) is 13.8 Å². The molecule has 0 spiro atoms. The number of fused-ring (bicyclic) bond motifs is 1. The van der Waals surface area contributed by atoms with E-state index in [0.29, 0.717) is 0 Å². The molecule has 158 valence electrons. The summed E-state index contributed by atoms with van der Waals surface area (Å²) in [7, 11) is 0. The van der Waals surface area contributed by atoms with Gasteiger partial charge in [-0.15, -0.1) is 0 Å². The number of H-pyrrole nitrogens is 1. The lowest BCUT2D eigenvalue weighted by Gasteiger charge is -2.23. The van der Waals surface area contributed by atoms with Gasteiger partial charge in [-0.25, -0.2) is 0 Å². The van der Waals surface area contributed by atoms with Crippen LogP contribution in [0.2, 0.25) is 0 Å². The highest BCUT2D eigenvalue weighted by Crippen LogP contribution is 2.26. The van der Waals surface area contributed by atoms with E-state index < -0.39 is 41.8 Å². The van der Waals surface area contributed by atoms with Crippen LogP contribution in [0, 0.1) is 0 Å². The Balaban J connectivity index is 1.63. The Morgan fingerprint density at radius 2 is 2.03 bits per heavy atom. The number of rotatable bonds is 6. The summed E-state index contributed by atoms with van der Waals surface area (Å²) in [5.74, 6) is -1.61. The highest BCUT2D eigenvalue weighted by molar-refractivity contribution is 5.80. The Bertz CT molecular complexity index is 871. The molecule has 1 aromatic heterocycles. The number of nitrogen functional groups attached to an aromatic ring is 1. The first-order chi connectivity index (χ1) is 13.7. The van der Waals surface area contributed by atoms with Gasteiger partial charge in [0.1, 0.15) is 24.9 Å². The smallest absolute Gasteiger partial charge is 0.326 e. The van der Waals surface area contributed by atoms with Crippen LogP contribution >= 0.6 is 0 Å². The SMILES string of the molecule is CC(=O)OC[C@H]1OC[C@@H](OC(=O)CN2CNc3c2nc(N)[nH]c3=O)[C@@H]1OC(C)=O. The van der Waals surface area contributed by atoms with Gasteiger partial charge in [0.25, 0.3) is 5.56 Å². The Labute approximate surface area is 164 Å². The molecule has 13 nitrogen and oxygen atoms in total. The fourth-order valence-corrected chi connectivity index (χ4v) is 3.04. The molecule has 0 aliphatic carbocycles. The predicted molar refractivity (Wildman–Crippen MR) is 96.9 cm³/mol. The van der Waals surface area contributed by atoms with Crippen LogP contribution in [0.15, 0.2) is 4.79 Å². The fraction of sp³-hybridized carbons (Fsp3) is 0.562. The number of hydrogen-bond donors (Lipinski definition) is 3. The zero-order valence-corrected chi connectivity index (χ0v) is 15.8. The molecule has 2 aliphatic rings. The first kappa shape index (κ1) is 20.4. The Morgan fingerprint density at radius 3 is 2.72 bits per heavy atom. The normalized spacial score (nSPS) is 22.6. The second-order valence-electron chi connectivity index (χ2n) is 6.46. The number of esters is 3. The standard InChI is InChI=1S/C16H21N5O8/c1-7(22)26-4-9-13(28-8(2)23)10(5-27-9)29-11(24)3-21-6-18-12-14(21)19-16(17)20-15(12)25/h9-10,13,18H,3-6H2,1-2H3,(H3,17,19,20,25)/t9-,10-,13-/m1/s1. The highest BCUT2D eigenvalue weighted by atomic mass is 16.6. The summed E-state index contributed by atoms with van der Waals surface area (Å²) in [6, 6.07) is 0. The van der Waals surface area contributed by atoms with Crippen LogP contribution in [0.5, 0.6) is 0 Å². The maximum Gasteiger partial charge on any atom is 0.326 e. The summed E-state index contributed by atoms with van der Waals surface area (Å²) in [5, 5.41) is 2.83. The van der Waals surface area contributed by atoms with Crippen molar-refractivity contribution in [1.29, 1.82) is 0 Å². The molecule has 0 radical (unpaired) electrons. The minimum atomic E-state index is -0.920. The van der Waals surface area contributed by atoms with Crippen LogP contribution in [0.25, 0.3) is 0 Å².